The molecule has 0 bridgehead atoms. The maximum absolute atomic E-state index is 12.7. The van der Waals surface area contributed by atoms with Gasteiger partial charge in [0.1, 0.15) is 0 Å². The van der Waals surface area contributed by atoms with Gasteiger partial charge in [0.2, 0.25) is 0 Å². The Morgan fingerprint density at radius 2 is 2.06 bits per heavy atom. The monoisotopic (exact) mass is 455 g/mol. The molecule has 1 amide bonds. The van der Waals surface area contributed by atoms with Gasteiger partial charge in [-0.2, -0.15) is 0 Å². The highest BCUT2D eigenvalue weighted by Gasteiger charge is 2.20. The number of hydrogen-bond acceptors (Lipinski definition) is 4. The molecule has 0 spiro atoms. The predicted octanol–water partition coefficient (Wildman–Crippen LogP) is 6.33. The van der Waals surface area contributed by atoms with Crippen molar-refractivity contribution in [2.75, 3.05) is 19.6 Å². The quantitative estimate of drug-likeness (QED) is 0.517. The number of nitrogens with zero attached hydrogens (tertiary/aromatic N) is 2. The first-order chi connectivity index (χ1) is 15.0. The van der Waals surface area contributed by atoms with Gasteiger partial charge in [-0.05, 0) is 75.5 Å². The third-order valence-electron chi connectivity index (χ3n) is 6.19. The Kier molecular flexibility index (Phi) is 7.36. The van der Waals surface area contributed by atoms with Crippen molar-refractivity contribution in [3.63, 3.8) is 0 Å². The molecule has 4 rings (SSSR count). The topological polar surface area (TPSA) is 44.7 Å². The molecule has 2 aromatic rings. The summed E-state index contributed by atoms with van der Waals surface area (Å²) in [6.07, 6.45) is 6.16. The van der Waals surface area contributed by atoms with E-state index in [1.807, 2.05) is 43.3 Å². The number of amides is 1. The van der Waals surface area contributed by atoms with Crippen LogP contribution in [0.1, 0.15) is 61.9 Å². The third kappa shape index (κ3) is 5.33. The largest absolute Gasteiger partial charge is 0.352 e. The number of nitrogens with one attached hydrogen (secondary N) is 1. The molecular formula is C25H30ClN3OS. The summed E-state index contributed by atoms with van der Waals surface area (Å²) < 4.78 is 0. The van der Waals surface area contributed by atoms with Crippen molar-refractivity contribution < 1.29 is 4.79 Å². The van der Waals surface area contributed by atoms with E-state index in [-0.39, 0.29) is 5.91 Å². The smallest absolute Gasteiger partial charge is 0.251 e. The van der Waals surface area contributed by atoms with Crippen LogP contribution in [0.25, 0.3) is 0 Å². The third-order valence-corrected chi connectivity index (χ3v) is 7.56. The summed E-state index contributed by atoms with van der Waals surface area (Å²) in [6, 6.07) is 12.4. The average molecular weight is 456 g/mol. The molecule has 1 N–H and O–H groups in total. The average Bonchev–Trinajstić information content (AvgIpc) is 2.92. The normalized spacial score (nSPS) is 18.5. The molecule has 0 aromatic heterocycles. The van der Waals surface area contributed by atoms with Crippen LogP contribution in [0.3, 0.4) is 0 Å². The van der Waals surface area contributed by atoms with Gasteiger partial charge in [-0.25, -0.2) is 0 Å². The van der Waals surface area contributed by atoms with Crippen molar-refractivity contribution in [3.8, 4) is 0 Å². The molecule has 0 saturated carbocycles. The minimum absolute atomic E-state index is 0.0313. The summed E-state index contributed by atoms with van der Waals surface area (Å²) in [7, 11) is 0. The van der Waals surface area contributed by atoms with E-state index in [0.29, 0.717) is 23.2 Å². The van der Waals surface area contributed by atoms with Crippen molar-refractivity contribution in [2.24, 2.45) is 4.99 Å². The minimum Gasteiger partial charge on any atom is -0.352 e. The standard InChI is InChI=1S/C25H30ClN3OS/c1-3-20-7-4-5-13-29(20)14-6-12-27-25(30)18-8-10-24-22(15-18)28-17(2)21-16-19(26)9-11-23(21)31-24/h8-11,15-16,20H,3-7,12-14H2,1-2H3,(H,27,30). The van der Waals surface area contributed by atoms with Crippen LogP contribution in [0.2, 0.25) is 5.02 Å². The lowest BCUT2D eigenvalue weighted by atomic mass is 10.00. The number of piperidine rings is 1. The number of aliphatic imine (C=N–C) groups is 1. The number of benzene rings is 2. The number of carbonyl (C=O) groups excluding carboxylic acids is 1. The Morgan fingerprint density at radius 1 is 1.23 bits per heavy atom. The molecular weight excluding hydrogens is 426 g/mol. The van der Waals surface area contributed by atoms with E-state index in [4.69, 9.17) is 16.6 Å². The SMILES string of the molecule is CCC1CCCCN1CCCNC(=O)c1ccc2c(c1)N=C(C)c1cc(Cl)ccc1S2. The van der Waals surface area contributed by atoms with Crippen LogP contribution in [-0.4, -0.2) is 42.2 Å². The molecule has 2 aliphatic heterocycles. The molecule has 2 aromatic carbocycles. The van der Waals surface area contributed by atoms with Crippen LogP contribution >= 0.6 is 23.4 Å². The van der Waals surface area contributed by atoms with Crippen molar-refractivity contribution in [1.82, 2.24) is 10.2 Å². The van der Waals surface area contributed by atoms with E-state index >= 15 is 0 Å². The molecule has 6 heteroatoms. The summed E-state index contributed by atoms with van der Waals surface area (Å²) in [5, 5.41) is 3.79. The lowest BCUT2D eigenvalue weighted by Gasteiger charge is -2.35. The maximum Gasteiger partial charge on any atom is 0.251 e. The fraction of sp³-hybridized carbons (Fsp3) is 0.440. The molecule has 1 unspecified atom stereocenters. The zero-order valence-electron chi connectivity index (χ0n) is 18.3. The Bertz CT molecular complexity index is 991. The van der Waals surface area contributed by atoms with Gasteiger partial charge in [0.15, 0.2) is 0 Å². The zero-order chi connectivity index (χ0) is 21.8. The van der Waals surface area contributed by atoms with Crippen LogP contribution in [0.4, 0.5) is 5.69 Å². The molecule has 164 valence electrons. The van der Waals surface area contributed by atoms with Crippen molar-refractivity contribution in [1.29, 1.82) is 0 Å². The number of hydrogen-bond donors (Lipinski definition) is 1. The van der Waals surface area contributed by atoms with Crippen LogP contribution in [0.5, 0.6) is 0 Å². The number of halogens is 1. The molecule has 2 heterocycles. The van der Waals surface area contributed by atoms with Crippen LogP contribution in [0, 0.1) is 0 Å². The number of likely N-dealkylation sites (tertiary alicyclic amines) is 1. The first kappa shape index (κ1) is 22.4. The highest BCUT2D eigenvalue weighted by Crippen LogP contribution is 2.41. The van der Waals surface area contributed by atoms with Gasteiger partial charge in [0, 0.05) is 50.8 Å². The van der Waals surface area contributed by atoms with Gasteiger partial charge in [-0.1, -0.05) is 36.7 Å². The first-order valence-electron chi connectivity index (χ1n) is 11.2. The molecule has 1 saturated heterocycles. The lowest BCUT2D eigenvalue weighted by molar-refractivity contribution is 0.0947. The molecule has 31 heavy (non-hydrogen) atoms. The highest BCUT2D eigenvalue weighted by molar-refractivity contribution is 7.99. The van der Waals surface area contributed by atoms with Crippen LogP contribution in [0.15, 0.2) is 51.2 Å². The molecule has 1 atom stereocenters. The summed E-state index contributed by atoms with van der Waals surface area (Å²) in [5.74, 6) is -0.0313. The van der Waals surface area contributed by atoms with Crippen molar-refractivity contribution >= 4 is 40.7 Å². The summed E-state index contributed by atoms with van der Waals surface area (Å²) in [6.45, 7) is 7.22. The van der Waals surface area contributed by atoms with E-state index < -0.39 is 0 Å². The minimum atomic E-state index is -0.0313. The lowest BCUT2D eigenvalue weighted by Crippen LogP contribution is -2.40. The predicted molar refractivity (Wildman–Crippen MR) is 130 cm³/mol. The van der Waals surface area contributed by atoms with E-state index in [0.717, 1.165) is 39.7 Å². The van der Waals surface area contributed by atoms with Crippen molar-refractivity contribution in [3.05, 3.63) is 52.5 Å². The van der Waals surface area contributed by atoms with Gasteiger partial charge < -0.3 is 10.2 Å². The van der Waals surface area contributed by atoms with Gasteiger partial charge in [0.25, 0.3) is 5.91 Å². The second-order valence-corrected chi connectivity index (χ2v) is 9.85. The second-order valence-electron chi connectivity index (χ2n) is 8.33. The Balaban J connectivity index is 1.38. The van der Waals surface area contributed by atoms with Gasteiger partial charge >= 0.3 is 0 Å². The summed E-state index contributed by atoms with van der Waals surface area (Å²) >= 11 is 7.84. The van der Waals surface area contributed by atoms with Crippen molar-refractivity contribution in [2.45, 2.75) is 61.8 Å². The Labute approximate surface area is 194 Å². The van der Waals surface area contributed by atoms with Gasteiger partial charge in [-0.15, -0.1) is 0 Å². The van der Waals surface area contributed by atoms with E-state index in [1.54, 1.807) is 11.8 Å². The van der Waals surface area contributed by atoms with E-state index in [1.165, 1.54) is 32.2 Å². The molecule has 2 aliphatic rings. The molecule has 0 radical (unpaired) electrons. The highest BCUT2D eigenvalue weighted by atomic mass is 35.5. The zero-order valence-corrected chi connectivity index (χ0v) is 19.9. The summed E-state index contributed by atoms with van der Waals surface area (Å²) in [5.41, 5.74) is 3.45. The fourth-order valence-electron chi connectivity index (χ4n) is 4.47. The fourth-order valence-corrected chi connectivity index (χ4v) is 5.68. The van der Waals surface area contributed by atoms with E-state index in [9.17, 15) is 4.79 Å². The Morgan fingerprint density at radius 3 is 2.90 bits per heavy atom. The number of fused-ring (bicyclic) bond motifs is 2. The summed E-state index contributed by atoms with van der Waals surface area (Å²) in [4.78, 5) is 22.3. The maximum atomic E-state index is 12.7. The van der Waals surface area contributed by atoms with Crippen LogP contribution in [-0.2, 0) is 0 Å². The van der Waals surface area contributed by atoms with E-state index in [2.05, 4.69) is 17.1 Å². The second kappa shape index (κ2) is 10.2. The molecule has 4 nitrogen and oxygen atoms in total. The first-order valence-corrected chi connectivity index (χ1v) is 12.4. The number of carbonyl (C=O) groups is 1. The van der Waals surface area contributed by atoms with Gasteiger partial charge in [-0.3, -0.25) is 9.79 Å². The van der Waals surface area contributed by atoms with Crippen LogP contribution < -0.4 is 5.32 Å². The molecule has 0 aliphatic carbocycles. The van der Waals surface area contributed by atoms with Gasteiger partial charge in [0.05, 0.1) is 5.69 Å². The Hall–Kier alpha value is -1.82. The molecule has 1 fully saturated rings. The number of rotatable bonds is 6.